The molecule has 3 heteroatoms. The van der Waals surface area contributed by atoms with Crippen LogP contribution in [-0.4, -0.2) is 19.7 Å². The predicted molar refractivity (Wildman–Crippen MR) is 61.2 cm³/mol. The van der Waals surface area contributed by atoms with Crippen molar-refractivity contribution in [3.8, 4) is 5.75 Å². The number of para-hydroxylation sites is 2. The smallest absolute Gasteiger partial charge is 0.143 e. The first-order valence-corrected chi connectivity index (χ1v) is 5.24. The van der Waals surface area contributed by atoms with E-state index in [0.717, 1.165) is 12.3 Å². The molecule has 83 valence electrons. The van der Waals surface area contributed by atoms with E-state index < -0.39 is 0 Å². The number of hydrogen-bond donors (Lipinski definition) is 0. The van der Waals surface area contributed by atoms with Crippen molar-refractivity contribution >= 4 is 5.69 Å². The number of nitrogens with zero attached hydrogens (tertiary/aromatic N) is 1. The fourth-order valence-corrected chi connectivity index (χ4v) is 1.61. The Morgan fingerprint density at radius 3 is 2.53 bits per heavy atom. The van der Waals surface area contributed by atoms with Gasteiger partial charge in [-0.05, 0) is 19.1 Å². The van der Waals surface area contributed by atoms with Gasteiger partial charge in [0, 0.05) is 25.6 Å². The van der Waals surface area contributed by atoms with Crippen molar-refractivity contribution < 1.29 is 23.3 Å². The van der Waals surface area contributed by atoms with Crippen LogP contribution >= 0.6 is 0 Å². The molecular weight excluding hydrogens is 225 g/mol. The molecular formula is C12H19NOV. The van der Waals surface area contributed by atoms with Crippen LogP contribution in [0.4, 0.5) is 5.69 Å². The van der Waals surface area contributed by atoms with Crippen LogP contribution in [0.2, 0.25) is 0 Å². The van der Waals surface area contributed by atoms with Crippen LogP contribution in [0.25, 0.3) is 0 Å². The van der Waals surface area contributed by atoms with Crippen molar-refractivity contribution in [3.05, 3.63) is 24.3 Å². The number of ether oxygens (including phenoxy) is 1. The minimum atomic E-state index is 0. The topological polar surface area (TPSA) is 12.5 Å². The first-order chi connectivity index (χ1) is 6.77. The third-order valence-electron chi connectivity index (χ3n) is 2.14. The maximum Gasteiger partial charge on any atom is 0.143 e. The van der Waals surface area contributed by atoms with E-state index in [-0.39, 0.29) is 18.6 Å². The summed E-state index contributed by atoms with van der Waals surface area (Å²) in [5.74, 6) is 0.999. The summed E-state index contributed by atoms with van der Waals surface area (Å²) in [6, 6.07) is 8.14. The molecule has 0 aromatic heterocycles. The summed E-state index contributed by atoms with van der Waals surface area (Å²) in [5, 5.41) is 0. The van der Waals surface area contributed by atoms with Gasteiger partial charge in [-0.1, -0.05) is 26.0 Å². The summed E-state index contributed by atoms with van der Waals surface area (Å²) in [4.78, 5) is 2.23. The molecule has 0 bridgehead atoms. The molecule has 0 fully saturated rings. The molecule has 0 saturated heterocycles. The molecule has 2 nitrogen and oxygen atoms in total. The molecule has 0 aliphatic carbocycles. The molecule has 1 radical (unpaired) electrons. The van der Waals surface area contributed by atoms with Crippen LogP contribution in [-0.2, 0) is 18.6 Å². The Balaban J connectivity index is 0.000000617. The van der Waals surface area contributed by atoms with Crippen molar-refractivity contribution in [1.82, 2.24) is 0 Å². The summed E-state index contributed by atoms with van der Waals surface area (Å²) >= 11 is 0. The summed E-state index contributed by atoms with van der Waals surface area (Å²) in [7, 11) is 2.10. The van der Waals surface area contributed by atoms with Crippen molar-refractivity contribution in [1.29, 1.82) is 0 Å². The molecule has 1 aliphatic rings. The summed E-state index contributed by atoms with van der Waals surface area (Å²) in [6.45, 7) is 7.06. The molecule has 1 heterocycles. The Bertz CT molecular complexity index is 291. The van der Waals surface area contributed by atoms with E-state index in [1.807, 2.05) is 32.0 Å². The van der Waals surface area contributed by atoms with Gasteiger partial charge in [0.25, 0.3) is 0 Å². The van der Waals surface area contributed by atoms with Crippen LogP contribution in [0.3, 0.4) is 0 Å². The molecule has 0 spiro atoms. The van der Waals surface area contributed by atoms with Crippen LogP contribution in [0, 0.1) is 0 Å². The second kappa shape index (κ2) is 6.81. The van der Waals surface area contributed by atoms with Gasteiger partial charge in [0.2, 0.25) is 0 Å². The molecule has 0 N–H and O–H groups in total. The Kier molecular flexibility index (Phi) is 6.54. The van der Waals surface area contributed by atoms with Gasteiger partial charge < -0.3 is 9.64 Å². The van der Waals surface area contributed by atoms with E-state index in [0.29, 0.717) is 6.10 Å². The number of fused-ring (bicyclic) bond motifs is 1. The molecule has 0 amide bonds. The Morgan fingerprint density at radius 2 is 1.87 bits per heavy atom. The van der Waals surface area contributed by atoms with E-state index in [9.17, 15) is 0 Å². The molecule has 1 aromatic rings. The van der Waals surface area contributed by atoms with Gasteiger partial charge in [-0.25, -0.2) is 0 Å². The minimum Gasteiger partial charge on any atom is -0.487 e. The molecule has 1 aliphatic heterocycles. The largest absolute Gasteiger partial charge is 0.487 e. The van der Waals surface area contributed by atoms with Gasteiger partial charge in [-0.15, -0.1) is 0 Å². The average molecular weight is 244 g/mol. The minimum absolute atomic E-state index is 0. The SMILES string of the molecule is CC.CC1CN(C)c2ccccc2O1.[V]. The summed E-state index contributed by atoms with van der Waals surface area (Å²) in [5.41, 5.74) is 1.19. The molecule has 15 heavy (non-hydrogen) atoms. The van der Waals surface area contributed by atoms with Gasteiger partial charge in [0.15, 0.2) is 0 Å². The van der Waals surface area contributed by atoms with E-state index >= 15 is 0 Å². The van der Waals surface area contributed by atoms with Gasteiger partial charge in [0.1, 0.15) is 11.9 Å². The second-order valence-corrected chi connectivity index (χ2v) is 3.28. The van der Waals surface area contributed by atoms with Crippen molar-refractivity contribution in [2.75, 3.05) is 18.5 Å². The maximum absolute atomic E-state index is 5.66. The zero-order chi connectivity index (χ0) is 10.6. The normalized spacial score (nSPS) is 17.6. The molecule has 1 unspecified atom stereocenters. The zero-order valence-corrected chi connectivity index (χ0v) is 11.3. The Labute approximate surface area is 105 Å². The van der Waals surface area contributed by atoms with Gasteiger partial charge in [-0.2, -0.15) is 0 Å². The van der Waals surface area contributed by atoms with Crippen molar-refractivity contribution in [2.24, 2.45) is 0 Å². The first kappa shape index (κ1) is 14.4. The van der Waals surface area contributed by atoms with E-state index in [1.54, 1.807) is 0 Å². The molecule has 2 rings (SSSR count). The van der Waals surface area contributed by atoms with E-state index in [4.69, 9.17) is 4.74 Å². The average Bonchev–Trinajstić information content (AvgIpc) is 2.20. The van der Waals surface area contributed by atoms with Gasteiger partial charge in [0.05, 0.1) is 12.2 Å². The Morgan fingerprint density at radius 1 is 1.27 bits per heavy atom. The first-order valence-electron chi connectivity index (χ1n) is 5.24. The Hall–Kier alpha value is -0.596. The van der Waals surface area contributed by atoms with Crippen LogP contribution in [0.15, 0.2) is 24.3 Å². The van der Waals surface area contributed by atoms with Crippen LogP contribution < -0.4 is 9.64 Å². The number of benzene rings is 1. The predicted octanol–water partition coefficient (Wildman–Crippen LogP) is 2.93. The van der Waals surface area contributed by atoms with Crippen molar-refractivity contribution in [2.45, 2.75) is 26.9 Å². The summed E-state index contributed by atoms with van der Waals surface area (Å²) in [6.07, 6.45) is 0.296. The monoisotopic (exact) mass is 244 g/mol. The third-order valence-corrected chi connectivity index (χ3v) is 2.14. The number of anilines is 1. The summed E-state index contributed by atoms with van der Waals surface area (Å²) < 4.78 is 5.66. The van der Waals surface area contributed by atoms with Crippen molar-refractivity contribution in [3.63, 3.8) is 0 Å². The van der Waals surface area contributed by atoms with Gasteiger partial charge in [-0.3, -0.25) is 0 Å². The standard InChI is InChI=1S/C10H13NO.C2H6.V/c1-8-7-11(2)9-5-3-4-6-10(9)12-8;1-2;/h3-6,8H,7H2,1-2H3;1-2H3;. The quantitative estimate of drug-likeness (QED) is 0.695. The van der Waals surface area contributed by atoms with Crippen LogP contribution in [0.5, 0.6) is 5.75 Å². The van der Waals surface area contributed by atoms with Crippen LogP contribution in [0.1, 0.15) is 20.8 Å². The third kappa shape index (κ3) is 3.47. The van der Waals surface area contributed by atoms with E-state index in [2.05, 4.69) is 24.9 Å². The molecule has 1 atom stereocenters. The second-order valence-electron chi connectivity index (χ2n) is 3.28. The molecule has 1 aromatic carbocycles. The zero-order valence-electron chi connectivity index (χ0n) is 9.90. The molecule has 0 saturated carbocycles. The number of likely N-dealkylation sites (N-methyl/N-ethyl adjacent to an activating group) is 1. The van der Waals surface area contributed by atoms with Gasteiger partial charge >= 0.3 is 0 Å². The number of rotatable bonds is 0. The maximum atomic E-state index is 5.66. The fraction of sp³-hybridized carbons (Fsp3) is 0.500. The fourth-order valence-electron chi connectivity index (χ4n) is 1.61. The van der Waals surface area contributed by atoms with E-state index in [1.165, 1.54) is 5.69 Å². The number of hydrogen-bond acceptors (Lipinski definition) is 2.